The van der Waals surface area contributed by atoms with Gasteiger partial charge in [-0.2, -0.15) is 0 Å². The standard InChI is InChI=1S/C10H5Cl2N5/c11-6-1-7-10(16-8(6)12)17-9(15-7)5-2-13-4-14-3-5/h1-4H,(H,15,16,17). The average molecular weight is 266 g/mol. The lowest BCUT2D eigenvalue weighted by molar-refractivity contribution is 1.15. The highest BCUT2D eigenvalue weighted by Crippen LogP contribution is 2.25. The molecule has 3 rings (SSSR count). The number of H-pyrrole nitrogens is 1. The van der Waals surface area contributed by atoms with Crippen LogP contribution < -0.4 is 0 Å². The molecule has 0 saturated heterocycles. The Bertz CT molecular complexity index is 641. The minimum absolute atomic E-state index is 0.238. The van der Waals surface area contributed by atoms with Gasteiger partial charge < -0.3 is 4.98 Å². The van der Waals surface area contributed by atoms with E-state index in [0.717, 1.165) is 11.1 Å². The number of imidazole rings is 1. The normalized spacial score (nSPS) is 10.9. The molecule has 5 nitrogen and oxygen atoms in total. The number of hydrogen-bond acceptors (Lipinski definition) is 4. The first kappa shape index (κ1) is 10.4. The molecule has 0 aliphatic carbocycles. The molecule has 3 aromatic heterocycles. The molecule has 0 spiro atoms. The van der Waals surface area contributed by atoms with E-state index in [1.807, 2.05) is 0 Å². The largest absolute Gasteiger partial charge is 0.336 e. The third kappa shape index (κ3) is 1.83. The molecular weight excluding hydrogens is 261 g/mol. The number of nitrogens with zero attached hydrogens (tertiary/aromatic N) is 4. The fourth-order valence-corrected chi connectivity index (χ4v) is 1.74. The van der Waals surface area contributed by atoms with Gasteiger partial charge in [-0.1, -0.05) is 23.2 Å². The van der Waals surface area contributed by atoms with E-state index < -0.39 is 0 Å². The van der Waals surface area contributed by atoms with E-state index in [2.05, 4.69) is 24.9 Å². The van der Waals surface area contributed by atoms with Crippen LogP contribution in [0.1, 0.15) is 0 Å². The molecule has 0 unspecified atom stereocenters. The lowest BCUT2D eigenvalue weighted by atomic mass is 10.3. The van der Waals surface area contributed by atoms with Gasteiger partial charge in [0.05, 0.1) is 16.1 Å². The van der Waals surface area contributed by atoms with Gasteiger partial charge in [-0.3, -0.25) is 0 Å². The molecule has 0 fully saturated rings. The molecule has 0 atom stereocenters. The van der Waals surface area contributed by atoms with Crippen molar-refractivity contribution in [2.75, 3.05) is 0 Å². The third-order valence-corrected chi connectivity index (χ3v) is 2.89. The van der Waals surface area contributed by atoms with Gasteiger partial charge in [-0.15, -0.1) is 0 Å². The molecule has 17 heavy (non-hydrogen) atoms. The summed E-state index contributed by atoms with van der Waals surface area (Å²) < 4.78 is 0. The van der Waals surface area contributed by atoms with Crippen molar-refractivity contribution >= 4 is 34.4 Å². The molecule has 84 valence electrons. The maximum atomic E-state index is 5.88. The molecule has 0 aliphatic rings. The quantitative estimate of drug-likeness (QED) is 0.687. The number of aromatic nitrogens is 5. The van der Waals surface area contributed by atoms with Crippen LogP contribution in [0.2, 0.25) is 10.2 Å². The first-order chi connectivity index (χ1) is 8.24. The predicted octanol–water partition coefficient (Wildman–Crippen LogP) is 2.72. The molecule has 0 radical (unpaired) electrons. The Kier molecular flexibility index (Phi) is 2.42. The number of rotatable bonds is 1. The van der Waals surface area contributed by atoms with Gasteiger partial charge in [-0.05, 0) is 6.07 Å². The summed E-state index contributed by atoms with van der Waals surface area (Å²) in [6, 6.07) is 1.69. The molecule has 0 bridgehead atoms. The average Bonchev–Trinajstić information content (AvgIpc) is 2.74. The first-order valence-electron chi connectivity index (χ1n) is 4.71. The zero-order valence-corrected chi connectivity index (χ0v) is 9.87. The van der Waals surface area contributed by atoms with Crippen LogP contribution in [0.25, 0.3) is 22.6 Å². The van der Waals surface area contributed by atoms with Gasteiger partial charge in [0, 0.05) is 12.4 Å². The highest BCUT2D eigenvalue weighted by Gasteiger charge is 2.09. The van der Waals surface area contributed by atoms with Gasteiger partial charge in [0.1, 0.15) is 17.3 Å². The van der Waals surface area contributed by atoms with E-state index in [0.29, 0.717) is 16.5 Å². The van der Waals surface area contributed by atoms with Crippen molar-refractivity contribution in [3.8, 4) is 11.4 Å². The Morgan fingerprint density at radius 3 is 2.59 bits per heavy atom. The second-order valence-corrected chi connectivity index (χ2v) is 4.11. The van der Waals surface area contributed by atoms with E-state index >= 15 is 0 Å². The van der Waals surface area contributed by atoms with Crippen molar-refractivity contribution in [3.63, 3.8) is 0 Å². The zero-order chi connectivity index (χ0) is 11.8. The van der Waals surface area contributed by atoms with E-state index in [-0.39, 0.29) is 5.15 Å². The fourth-order valence-electron chi connectivity index (χ4n) is 1.45. The van der Waals surface area contributed by atoms with Crippen molar-refractivity contribution in [3.05, 3.63) is 35.0 Å². The summed E-state index contributed by atoms with van der Waals surface area (Å²) in [6.45, 7) is 0. The van der Waals surface area contributed by atoms with Crippen molar-refractivity contribution < 1.29 is 0 Å². The molecule has 3 aromatic rings. The smallest absolute Gasteiger partial charge is 0.179 e. The number of halogens is 2. The first-order valence-corrected chi connectivity index (χ1v) is 5.47. The van der Waals surface area contributed by atoms with Crippen LogP contribution >= 0.6 is 23.2 Å². The van der Waals surface area contributed by atoms with Gasteiger partial charge in [-0.25, -0.2) is 19.9 Å². The van der Waals surface area contributed by atoms with E-state index in [1.54, 1.807) is 18.5 Å². The highest BCUT2D eigenvalue weighted by atomic mass is 35.5. The van der Waals surface area contributed by atoms with Crippen molar-refractivity contribution in [1.29, 1.82) is 0 Å². The maximum Gasteiger partial charge on any atom is 0.179 e. The SMILES string of the molecule is Clc1cc2[nH]c(-c3cncnc3)nc2nc1Cl. The minimum Gasteiger partial charge on any atom is -0.336 e. The number of aromatic amines is 1. The maximum absolute atomic E-state index is 5.88. The lowest BCUT2D eigenvalue weighted by Gasteiger charge is -1.92. The molecule has 1 N–H and O–H groups in total. The van der Waals surface area contributed by atoms with Crippen LogP contribution in [-0.4, -0.2) is 24.9 Å². The zero-order valence-electron chi connectivity index (χ0n) is 8.35. The third-order valence-electron chi connectivity index (χ3n) is 2.22. The van der Waals surface area contributed by atoms with Crippen LogP contribution in [0.3, 0.4) is 0 Å². The van der Waals surface area contributed by atoms with Crippen LogP contribution in [-0.2, 0) is 0 Å². The molecule has 0 aromatic carbocycles. The predicted molar refractivity (Wildman–Crippen MR) is 64.9 cm³/mol. The van der Waals surface area contributed by atoms with Crippen molar-refractivity contribution in [1.82, 2.24) is 24.9 Å². The Morgan fingerprint density at radius 2 is 1.82 bits per heavy atom. The number of nitrogens with one attached hydrogen (secondary N) is 1. The Hall–Kier alpha value is -1.72. The summed E-state index contributed by atoms with van der Waals surface area (Å²) in [5.74, 6) is 0.631. The Morgan fingerprint density at radius 1 is 1.06 bits per heavy atom. The number of hydrogen-bond donors (Lipinski definition) is 1. The van der Waals surface area contributed by atoms with Crippen LogP contribution in [0.4, 0.5) is 0 Å². The van der Waals surface area contributed by atoms with Crippen LogP contribution in [0, 0.1) is 0 Å². The summed E-state index contributed by atoms with van der Waals surface area (Å²) in [5.41, 5.74) is 2.01. The summed E-state index contributed by atoms with van der Waals surface area (Å²) in [5, 5.41) is 0.625. The second kappa shape index (κ2) is 3.94. The summed E-state index contributed by atoms with van der Waals surface area (Å²) in [4.78, 5) is 19.3. The summed E-state index contributed by atoms with van der Waals surface area (Å²) in [6.07, 6.45) is 4.78. The van der Waals surface area contributed by atoms with Gasteiger partial charge in [0.2, 0.25) is 0 Å². The fraction of sp³-hybridized carbons (Fsp3) is 0. The Balaban J connectivity index is 2.21. The highest BCUT2D eigenvalue weighted by molar-refractivity contribution is 6.41. The van der Waals surface area contributed by atoms with Crippen LogP contribution in [0.5, 0.6) is 0 Å². The molecule has 3 heterocycles. The van der Waals surface area contributed by atoms with Crippen molar-refractivity contribution in [2.45, 2.75) is 0 Å². The second-order valence-electron chi connectivity index (χ2n) is 3.34. The summed E-state index contributed by atoms with van der Waals surface area (Å²) in [7, 11) is 0. The van der Waals surface area contributed by atoms with Gasteiger partial charge in [0.15, 0.2) is 5.65 Å². The lowest BCUT2D eigenvalue weighted by Crippen LogP contribution is -1.83. The van der Waals surface area contributed by atoms with Gasteiger partial charge in [0.25, 0.3) is 0 Å². The minimum atomic E-state index is 0.238. The molecule has 7 heteroatoms. The molecule has 0 aliphatic heterocycles. The van der Waals surface area contributed by atoms with Gasteiger partial charge >= 0.3 is 0 Å². The van der Waals surface area contributed by atoms with Crippen LogP contribution in [0.15, 0.2) is 24.8 Å². The Labute approximate surface area is 106 Å². The van der Waals surface area contributed by atoms with E-state index in [9.17, 15) is 0 Å². The molecule has 0 saturated carbocycles. The number of fused-ring (bicyclic) bond motifs is 1. The van der Waals surface area contributed by atoms with E-state index in [1.165, 1.54) is 6.33 Å². The number of pyridine rings is 1. The monoisotopic (exact) mass is 265 g/mol. The van der Waals surface area contributed by atoms with E-state index in [4.69, 9.17) is 23.2 Å². The molecule has 0 amide bonds. The summed E-state index contributed by atoms with van der Waals surface area (Å²) >= 11 is 11.7. The molecular formula is C10H5Cl2N5. The topological polar surface area (TPSA) is 67.3 Å². The van der Waals surface area contributed by atoms with Crippen molar-refractivity contribution in [2.24, 2.45) is 0 Å².